The average molecular weight is 264 g/mol. The van der Waals surface area contributed by atoms with Gasteiger partial charge in [-0.3, -0.25) is 0 Å². The van der Waals surface area contributed by atoms with Gasteiger partial charge in [-0.1, -0.05) is 48.5 Å². The van der Waals surface area contributed by atoms with Gasteiger partial charge in [-0.05, 0) is 17.5 Å². The number of hydrogen-bond acceptors (Lipinski definition) is 3. The van der Waals surface area contributed by atoms with Crippen molar-refractivity contribution in [2.45, 2.75) is 0 Å². The maximum Gasteiger partial charge on any atom is 0.432 e. The Morgan fingerprint density at radius 2 is 1.35 bits per heavy atom. The molecule has 0 unspecified atom stereocenters. The van der Waals surface area contributed by atoms with E-state index in [0.29, 0.717) is 0 Å². The van der Waals surface area contributed by atoms with Gasteiger partial charge in [-0.2, -0.15) is 0 Å². The van der Waals surface area contributed by atoms with Gasteiger partial charge in [0.25, 0.3) is 0 Å². The third kappa shape index (κ3) is 2.05. The molecule has 0 aliphatic carbocycles. The number of fused-ring (bicyclic) bond motifs is 5. The van der Waals surface area contributed by atoms with E-state index in [0.717, 1.165) is 11.2 Å². The first-order valence-electron chi connectivity index (χ1n) is 6.36. The molecule has 0 amide bonds. The van der Waals surface area contributed by atoms with Crippen LogP contribution in [0.2, 0.25) is 0 Å². The van der Waals surface area contributed by atoms with Crippen molar-refractivity contribution in [1.82, 2.24) is 0 Å². The lowest BCUT2D eigenvalue weighted by atomic mass is 10.1. The Morgan fingerprint density at radius 3 is 2.15 bits per heavy atom. The number of benzene rings is 3. The van der Waals surface area contributed by atoms with Crippen molar-refractivity contribution in [3.05, 3.63) is 60.7 Å². The lowest BCUT2D eigenvalue weighted by molar-refractivity contribution is 0.448. The molecule has 0 aliphatic rings. The molecule has 2 N–H and O–H groups in total. The summed E-state index contributed by atoms with van der Waals surface area (Å²) in [6.07, 6.45) is 0. The minimum Gasteiger partial charge on any atom is -0.455 e. The van der Waals surface area contributed by atoms with Gasteiger partial charge in [0.1, 0.15) is 11.2 Å². The van der Waals surface area contributed by atoms with Crippen molar-refractivity contribution in [3.8, 4) is 0 Å². The van der Waals surface area contributed by atoms with Crippen LogP contribution in [0.25, 0.3) is 32.7 Å². The van der Waals surface area contributed by atoms with E-state index in [2.05, 4.69) is 42.5 Å². The SMILES string of the molecule is OBO.c1ccc2c(c1)ccc1c3ccccc3oc21. The second kappa shape index (κ2) is 5.37. The molecule has 20 heavy (non-hydrogen) atoms. The van der Waals surface area contributed by atoms with Crippen LogP contribution < -0.4 is 0 Å². The largest absolute Gasteiger partial charge is 0.455 e. The van der Waals surface area contributed by atoms with E-state index in [-0.39, 0.29) is 0 Å². The highest BCUT2D eigenvalue weighted by molar-refractivity contribution is 6.14. The Bertz CT molecular complexity index is 867. The van der Waals surface area contributed by atoms with Crippen molar-refractivity contribution in [2.75, 3.05) is 0 Å². The molecule has 3 aromatic carbocycles. The fourth-order valence-corrected chi connectivity index (χ4v) is 2.45. The van der Waals surface area contributed by atoms with Crippen LogP contribution in [-0.2, 0) is 0 Å². The van der Waals surface area contributed by atoms with E-state index >= 15 is 0 Å². The minimum atomic E-state index is -0.750. The molecule has 4 aromatic rings. The van der Waals surface area contributed by atoms with Crippen LogP contribution in [0, 0.1) is 0 Å². The van der Waals surface area contributed by atoms with Crippen LogP contribution >= 0.6 is 0 Å². The Labute approximate surface area is 116 Å². The van der Waals surface area contributed by atoms with Crippen molar-refractivity contribution < 1.29 is 14.5 Å². The molecule has 0 radical (unpaired) electrons. The van der Waals surface area contributed by atoms with Gasteiger partial charge in [0, 0.05) is 16.2 Å². The van der Waals surface area contributed by atoms with Gasteiger partial charge < -0.3 is 14.5 Å². The Morgan fingerprint density at radius 1 is 0.700 bits per heavy atom. The summed E-state index contributed by atoms with van der Waals surface area (Å²) in [5.41, 5.74) is 1.95. The molecule has 1 heterocycles. The fraction of sp³-hybridized carbons (Fsp3) is 0. The van der Waals surface area contributed by atoms with Crippen LogP contribution in [0.3, 0.4) is 0 Å². The summed E-state index contributed by atoms with van der Waals surface area (Å²) in [5.74, 6) is 0. The van der Waals surface area contributed by atoms with Gasteiger partial charge in [0.15, 0.2) is 0 Å². The molecule has 0 aliphatic heterocycles. The summed E-state index contributed by atoms with van der Waals surface area (Å²) >= 11 is 0. The van der Waals surface area contributed by atoms with E-state index in [1.807, 2.05) is 18.2 Å². The Balaban J connectivity index is 0.000000373. The summed E-state index contributed by atoms with van der Waals surface area (Å²) in [6.45, 7) is 0. The van der Waals surface area contributed by atoms with Crippen LogP contribution in [0.1, 0.15) is 0 Å². The quantitative estimate of drug-likeness (QED) is 0.480. The van der Waals surface area contributed by atoms with Crippen LogP contribution in [0.5, 0.6) is 0 Å². The minimum absolute atomic E-state index is 0.750. The molecule has 0 fully saturated rings. The molecule has 0 saturated heterocycles. The van der Waals surface area contributed by atoms with Gasteiger partial charge in [-0.15, -0.1) is 0 Å². The Kier molecular flexibility index (Phi) is 3.42. The highest BCUT2D eigenvalue weighted by Gasteiger charge is 2.08. The maximum atomic E-state index is 7.12. The van der Waals surface area contributed by atoms with Crippen molar-refractivity contribution >= 4 is 40.4 Å². The first kappa shape index (κ1) is 12.7. The van der Waals surface area contributed by atoms with E-state index in [1.54, 1.807) is 0 Å². The topological polar surface area (TPSA) is 53.6 Å². The summed E-state index contributed by atoms with van der Waals surface area (Å²) in [4.78, 5) is 0. The summed E-state index contributed by atoms with van der Waals surface area (Å²) in [5, 5.41) is 19.0. The van der Waals surface area contributed by atoms with Gasteiger partial charge in [-0.25, -0.2) is 0 Å². The molecule has 0 spiro atoms. The summed E-state index contributed by atoms with van der Waals surface area (Å²) < 4.78 is 5.97. The predicted molar refractivity (Wildman–Crippen MR) is 82.8 cm³/mol. The van der Waals surface area contributed by atoms with Gasteiger partial charge in [0.2, 0.25) is 0 Å². The van der Waals surface area contributed by atoms with Crippen molar-refractivity contribution in [3.63, 3.8) is 0 Å². The molecule has 0 atom stereocenters. The van der Waals surface area contributed by atoms with E-state index in [4.69, 9.17) is 14.5 Å². The molecule has 1 aromatic heterocycles. The number of rotatable bonds is 0. The lowest BCUT2D eigenvalue weighted by Gasteiger charge is -1.97. The smallest absolute Gasteiger partial charge is 0.432 e. The van der Waals surface area contributed by atoms with E-state index in [9.17, 15) is 0 Å². The summed E-state index contributed by atoms with van der Waals surface area (Å²) in [6, 6.07) is 20.8. The first-order valence-corrected chi connectivity index (χ1v) is 6.36. The Hall–Kier alpha value is -2.30. The zero-order chi connectivity index (χ0) is 13.9. The highest BCUT2D eigenvalue weighted by atomic mass is 16.4. The zero-order valence-corrected chi connectivity index (χ0v) is 10.8. The maximum absolute atomic E-state index is 7.12. The number of furan rings is 1. The number of hydrogen-bond donors (Lipinski definition) is 2. The second-order valence-electron chi connectivity index (χ2n) is 4.40. The molecular weight excluding hydrogens is 251 g/mol. The molecular formula is C16H13BO3. The number of para-hydroxylation sites is 1. The first-order chi connectivity index (χ1) is 9.85. The molecule has 3 nitrogen and oxygen atoms in total. The highest BCUT2D eigenvalue weighted by Crippen LogP contribution is 2.33. The van der Waals surface area contributed by atoms with Crippen LogP contribution in [0.15, 0.2) is 65.1 Å². The lowest BCUT2D eigenvalue weighted by Crippen LogP contribution is -1.75. The van der Waals surface area contributed by atoms with Gasteiger partial charge in [0.05, 0.1) is 0 Å². The van der Waals surface area contributed by atoms with E-state index < -0.39 is 7.69 Å². The third-order valence-electron chi connectivity index (χ3n) is 3.27. The van der Waals surface area contributed by atoms with Gasteiger partial charge >= 0.3 is 7.69 Å². The zero-order valence-electron chi connectivity index (χ0n) is 10.8. The molecule has 98 valence electrons. The third-order valence-corrected chi connectivity index (χ3v) is 3.27. The predicted octanol–water partition coefficient (Wildman–Crippen LogP) is 2.98. The molecule has 0 saturated carbocycles. The van der Waals surface area contributed by atoms with E-state index in [1.165, 1.54) is 21.5 Å². The summed E-state index contributed by atoms with van der Waals surface area (Å²) in [7, 11) is -0.750. The second-order valence-corrected chi connectivity index (χ2v) is 4.40. The normalized spacial score (nSPS) is 10.5. The molecule has 4 heteroatoms. The standard InChI is InChI=1S/C16H10O.BH3O2/c1-2-6-12-11(5-1)9-10-14-13-7-3-4-8-15(13)17-16(12)14;2-1-3/h1-10H;1-3H. The molecule has 4 rings (SSSR count). The van der Waals surface area contributed by atoms with Crippen LogP contribution in [0.4, 0.5) is 0 Å². The molecule has 0 bridgehead atoms. The fourth-order valence-electron chi connectivity index (χ4n) is 2.45. The average Bonchev–Trinajstić information content (AvgIpc) is 2.87. The van der Waals surface area contributed by atoms with Crippen LogP contribution in [-0.4, -0.2) is 17.7 Å². The van der Waals surface area contributed by atoms with Crippen molar-refractivity contribution in [1.29, 1.82) is 0 Å². The van der Waals surface area contributed by atoms with Crippen molar-refractivity contribution in [2.24, 2.45) is 0 Å². The monoisotopic (exact) mass is 264 g/mol.